The van der Waals surface area contributed by atoms with Crippen LogP contribution in [0.1, 0.15) is 12.5 Å². The van der Waals surface area contributed by atoms with E-state index in [0.29, 0.717) is 0 Å². The van der Waals surface area contributed by atoms with Crippen LogP contribution >= 0.6 is 0 Å². The third kappa shape index (κ3) is 2.43. The van der Waals surface area contributed by atoms with E-state index in [9.17, 15) is 0 Å². The molecule has 1 heterocycles. The molecule has 3 nitrogen and oxygen atoms in total. The van der Waals surface area contributed by atoms with Gasteiger partial charge in [0.25, 0.3) is 0 Å². The summed E-state index contributed by atoms with van der Waals surface area (Å²) in [6.07, 6.45) is 2.05. The second kappa shape index (κ2) is 5.14. The fraction of sp³-hybridized carbons (Fsp3) is 0.385. The molecule has 86 valence electrons. The SMILES string of the molecule is COC(C)CNCc1coc2ccccc12. The number of fused-ring (bicyclic) bond motifs is 1. The maximum atomic E-state index is 5.46. The highest BCUT2D eigenvalue weighted by Gasteiger charge is 2.05. The van der Waals surface area contributed by atoms with E-state index >= 15 is 0 Å². The van der Waals surface area contributed by atoms with Crippen molar-refractivity contribution in [2.24, 2.45) is 0 Å². The van der Waals surface area contributed by atoms with Crippen LogP contribution in [0.2, 0.25) is 0 Å². The van der Waals surface area contributed by atoms with Gasteiger partial charge in [-0.1, -0.05) is 18.2 Å². The van der Waals surface area contributed by atoms with Crippen molar-refractivity contribution in [2.45, 2.75) is 19.6 Å². The molecule has 0 aliphatic heterocycles. The summed E-state index contributed by atoms with van der Waals surface area (Å²) >= 11 is 0. The van der Waals surface area contributed by atoms with Crippen LogP contribution in [0.25, 0.3) is 11.0 Å². The minimum Gasteiger partial charge on any atom is -0.464 e. The molecule has 0 amide bonds. The fourth-order valence-electron chi connectivity index (χ4n) is 1.66. The molecule has 0 saturated heterocycles. The number of benzene rings is 1. The first kappa shape index (κ1) is 11.2. The van der Waals surface area contributed by atoms with Crippen molar-refractivity contribution in [3.8, 4) is 0 Å². The van der Waals surface area contributed by atoms with Gasteiger partial charge in [0, 0.05) is 31.1 Å². The summed E-state index contributed by atoms with van der Waals surface area (Å²) in [4.78, 5) is 0. The zero-order chi connectivity index (χ0) is 11.4. The molecular formula is C13H17NO2. The lowest BCUT2D eigenvalue weighted by molar-refractivity contribution is 0.117. The molecule has 0 fully saturated rings. The van der Waals surface area contributed by atoms with Gasteiger partial charge in [0.05, 0.1) is 12.4 Å². The van der Waals surface area contributed by atoms with E-state index in [1.54, 1.807) is 7.11 Å². The summed E-state index contributed by atoms with van der Waals surface area (Å²) in [6.45, 7) is 3.70. The maximum Gasteiger partial charge on any atom is 0.134 e. The monoisotopic (exact) mass is 219 g/mol. The third-order valence-corrected chi connectivity index (χ3v) is 2.71. The Morgan fingerprint density at radius 1 is 1.38 bits per heavy atom. The molecule has 3 heteroatoms. The van der Waals surface area contributed by atoms with Crippen molar-refractivity contribution < 1.29 is 9.15 Å². The van der Waals surface area contributed by atoms with E-state index in [0.717, 1.165) is 18.7 Å². The molecule has 1 aromatic carbocycles. The van der Waals surface area contributed by atoms with E-state index in [1.807, 2.05) is 31.4 Å². The first-order valence-electron chi connectivity index (χ1n) is 5.50. The highest BCUT2D eigenvalue weighted by molar-refractivity contribution is 5.80. The van der Waals surface area contributed by atoms with Crippen LogP contribution in [0.5, 0.6) is 0 Å². The quantitative estimate of drug-likeness (QED) is 0.839. The predicted octanol–water partition coefficient (Wildman–Crippen LogP) is 2.56. The standard InChI is InChI=1S/C13H17NO2/c1-10(15-2)7-14-8-11-9-16-13-6-4-3-5-12(11)13/h3-6,9-10,14H,7-8H2,1-2H3. The van der Waals surface area contributed by atoms with Gasteiger partial charge in [0.15, 0.2) is 0 Å². The minimum atomic E-state index is 0.234. The van der Waals surface area contributed by atoms with Crippen LogP contribution in [0.15, 0.2) is 34.9 Å². The van der Waals surface area contributed by atoms with Gasteiger partial charge in [-0.05, 0) is 13.0 Å². The second-order valence-electron chi connectivity index (χ2n) is 3.93. The number of hydrogen-bond acceptors (Lipinski definition) is 3. The van der Waals surface area contributed by atoms with Crippen LogP contribution in [0, 0.1) is 0 Å². The fourth-order valence-corrected chi connectivity index (χ4v) is 1.66. The third-order valence-electron chi connectivity index (χ3n) is 2.71. The summed E-state index contributed by atoms with van der Waals surface area (Å²) in [5.41, 5.74) is 2.14. The van der Waals surface area contributed by atoms with Crippen LogP contribution in [-0.2, 0) is 11.3 Å². The van der Waals surface area contributed by atoms with E-state index in [-0.39, 0.29) is 6.10 Å². The number of methoxy groups -OCH3 is 1. The Labute approximate surface area is 95.4 Å². The Morgan fingerprint density at radius 3 is 3.00 bits per heavy atom. The number of ether oxygens (including phenoxy) is 1. The van der Waals surface area contributed by atoms with E-state index in [2.05, 4.69) is 11.4 Å². The molecule has 2 aromatic rings. The lowest BCUT2D eigenvalue weighted by Crippen LogP contribution is -2.25. The van der Waals surface area contributed by atoms with Crippen LogP contribution in [0.4, 0.5) is 0 Å². The summed E-state index contributed by atoms with van der Waals surface area (Å²) in [7, 11) is 1.72. The number of nitrogens with one attached hydrogen (secondary N) is 1. The molecule has 0 aliphatic carbocycles. The number of hydrogen-bond donors (Lipinski definition) is 1. The lowest BCUT2D eigenvalue weighted by atomic mass is 10.2. The molecule has 1 N–H and O–H groups in total. The number of para-hydroxylation sites is 1. The largest absolute Gasteiger partial charge is 0.464 e. The lowest BCUT2D eigenvalue weighted by Gasteiger charge is -2.09. The van der Waals surface area contributed by atoms with Gasteiger partial charge in [-0.15, -0.1) is 0 Å². The molecule has 1 unspecified atom stereocenters. The van der Waals surface area contributed by atoms with Gasteiger partial charge in [0.2, 0.25) is 0 Å². The number of furan rings is 1. The highest BCUT2D eigenvalue weighted by Crippen LogP contribution is 2.20. The van der Waals surface area contributed by atoms with E-state index in [1.165, 1.54) is 10.9 Å². The van der Waals surface area contributed by atoms with Crippen molar-refractivity contribution in [3.05, 3.63) is 36.1 Å². The second-order valence-corrected chi connectivity index (χ2v) is 3.93. The average Bonchev–Trinajstić information content (AvgIpc) is 2.73. The first-order valence-corrected chi connectivity index (χ1v) is 5.50. The molecule has 0 saturated carbocycles. The van der Waals surface area contributed by atoms with E-state index in [4.69, 9.17) is 9.15 Å². The molecule has 16 heavy (non-hydrogen) atoms. The zero-order valence-electron chi connectivity index (χ0n) is 9.69. The highest BCUT2D eigenvalue weighted by atomic mass is 16.5. The van der Waals surface area contributed by atoms with Crippen molar-refractivity contribution in [1.82, 2.24) is 5.32 Å². The first-order chi connectivity index (χ1) is 7.81. The molecule has 1 aromatic heterocycles. The Kier molecular flexibility index (Phi) is 3.59. The molecule has 2 rings (SSSR count). The van der Waals surface area contributed by atoms with Gasteiger partial charge in [-0.2, -0.15) is 0 Å². The van der Waals surface area contributed by atoms with Crippen molar-refractivity contribution in [1.29, 1.82) is 0 Å². The van der Waals surface area contributed by atoms with Gasteiger partial charge < -0.3 is 14.5 Å². The van der Waals surface area contributed by atoms with Gasteiger partial charge in [0.1, 0.15) is 5.58 Å². The summed E-state index contributed by atoms with van der Waals surface area (Å²) in [5.74, 6) is 0. The smallest absolute Gasteiger partial charge is 0.134 e. The van der Waals surface area contributed by atoms with Crippen LogP contribution in [-0.4, -0.2) is 19.8 Å². The van der Waals surface area contributed by atoms with Crippen LogP contribution in [0.3, 0.4) is 0 Å². The van der Waals surface area contributed by atoms with Crippen molar-refractivity contribution in [2.75, 3.05) is 13.7 Å². The number of rotatable bonds is 5. The Bertz CT molecular complexity index is 450. The summed E-state index contributed by atoms with van der Waals surface area (Å²) in [6, 6.07) is 8.07. The maximum absolute atomic E-state index is 5.46. The Balaban J connectivity index is 1.99. The predicted molar refractivity (Wildman–Crippen MR) is 64.4 cm³/mol. The van der Waals surface area contributed by atoms with E-state index < -0.39 is 0 Å². The minimum absolute atomic E-state index is 0.234. The van der Waals surface area contributed by atoms with Gasteiger partial charge in [-0.25, -0.2) is 0 Å². The van der Waals surface area contributed by atoms with Crippen molar-refractivity contribution in [3.63, 3.8) is 0 Å². The molecule has 0 spiro atoms. The molecule has 0 radical (unpaired) electrons. The Morgan fingerprint density at radius 2 is 2.19 bits per heavy atom. The Hall–Kier alpha value is -1.32. The van der Waals surface area contributed by atoms with Crippen LogP contribution < -0.4 is 5.32 Å². The summed E-state index contributed by atoms with van der Waals surface area (Å²) in [5, 5.41) is 4.53. The van der Waals surface area contributed by atoms with Gasteiger partial charge >= 0.3 is 0 Å². The van der Waals surface area contributed by atoms with Gasteiger partial charge in [-0.3, -0.25) is 0 Å². The normalized spacial score (nSPS) is 13.1. The van der Waals surface area contributed by atoms with Crippen molar-refractivity contribution >= 4 is 11.0 Å². The zero-order valence-corrected chi connectivity index (χ0v) is 9.69. The topological polar surface area (TPSA) is 34.4 Å². The molecule has 1 atom stereocenters. The molecule has 0 aliphatic rings. The average molecular weight is 219 g/mol. The molecular weight excluding hydrogens is 202 g/mol. The molecule has 0 bridgehead atoms. The summed E-state index contributed by atoms with van der Waals surface area (Å²) < 4.78 is 10.6.